The van der Waals surface area contributed by atoms with E-state index in [1.807, 2.05) is 37.3 Å². The summed E-state index contributed by atoms with van der Waals surface area (Å²) in [6, 6.07) is 9.75. The van der Waals surface area contributed by atoms with Gasteiger partial charge in [-0.15, -0.1) is 0 Å². The third-order valence-corrected chi connectivity index (χ3v) is 3.87. The zero-order valence-electron chi connectivity index (χ0n) is 11.4. The van der Waals surface area contributed by atoms with Gasteiger partial charge in [-0.3, -0.25) is 4.79 Å². The first-order chi connectivity index (χ1) is 9.19. The lowest BCUT2D eigenvalue weighted by molar-refractivity contribution is -0.128. The topological polar surface area (TPSA) is 61.4 Å². The van der Waals surface area contributed by atoms with Crippen LogP contribution in [0.2, 0.25) is 0 Å². The molecule has 2 rings (SSSR count). The Bertz CT molecular complexity index is 413. The minimum atomic E-state index is -0.462. The van der Waals surface area contributed by atoms with Crippen molar-refractivity contribution < 1.29 is 9.90 Å². The number of carbonyl (C=O) groups is 1. The van der Waals surface area contributed by atoms with Gasteiger partial charge in [-0.1, -0.05) is 30.3 Å². The van der Waals surface area contributed by atoms with Crippen molar-refractivity contribution in [3.63, 3.8) is 0 Å². The number of piperidine rings is 1. The summed E-state index contributed by atoms with van der Waals surface area (Å²) in [5.41, 5.74) is 0.606. The third kappa shape index (κ3) is 2.96. The average Bonchev–Trinajstić information content (AvgIpc) is 2.48. The van der Waals surface area contributed by atoms with Gasteiger partial charge in [0, 0.05) is 6.04 Å². The van der Waals surface area contributed by atoms with Gasteiger partial charge in [-0.2, -0.15) is 0 Å². The summed E-state index contributed by atoms with van der Waals surface area (Å²) < 4.78 is 0. The van der Waals surface area contributed by atoms with Crippen LogP contribution in [-0.4, -0.2) is 36.8 Å². The molecule has 1 atom stereocenters. The smallest absolute Gasteiger partial charge is 0.231 e. The number of aliphatic hydroxyl groups is 1. The normalized spacial score (nSPS) is 19.7. The second kappa shape index (κ2) is 6.17. The molecule has 1 saturated heterocycles. The second-order valence-electron chi connectivity index (χ2n) is 5.26. The molecule has 0 spiro atoms. The first-order valence-corrected chi connectivity index (χ1v) is 6.87. The number of rotatable bonds is 4. The van der Waals surface area contributed by atoms with Gasteiger partial charge in [0.05, 0.1) is 12.0 Å². The minimum Gasteiger partial charge on any atom is -0.394 e. The molecule has 104 valence electrons. The van der Waals surface area contributed by atoms with Crippen molar-refractivity contribution in [1.82, 2.24) is 10.6 Å². The molecular formula is C15H22N2O2. The minimum absolute atomic E-state index is 0.0294. The van der Waals surface area contributed by atoms with Crippen LogP contribution < -0.4 is 10.6 Å². The lowest BCUT2D eigenvalue weighted by atomic mass is 9.72. The van der Waals surface area contributed by atoms with E-state index in [-0.39, 0.29) is 18.6 Å². The van der Waals surface area contributed by atoms with Crippen LogP contribution in [0.4, 0.5) is 0 Å². The SMILES string of the molecule is C[C@@H](CO)NC(=O)C1(c2ccccc2)CCNCC1. The summed E-state index contributed by atoms with van der Waals surface area (Å²) in [5.74, 6) is 0.0294. The van der Waals surface area contributed by atoms with E-state index >= 15 is 0 Å². The largest absolute Gasteiger partial charge is 0.394 e. The molecule has 4 heteroatoms. The van der Waals surface area contributed by atoms with Crippen LogP contribution >= 0.6 is 0 Å². The Morgan fingerprint density at radius 1 is 1.37 bits per heavy atom. The monoisotopic (exact) mass is 262 g/mol. The van der Waals surface area contributed by atoms with E-state index < -0.39 is 5.41 Å². The van der Waals surface area contributed by atoms with Crippen molar-refractivity contribution in [2.45, 2.75) is 31.2 Å². The highest BCUT2D eigenvalue weighted by Crippen LogP contribution is 2.33. The molecule has 1 amide bonds. The average molecular weight is 262 g/mol. The number of hydrogen-bond acceptors (Lipinski definition) is 3. The molecule has 3 N–H and O–H groups in total. The molecule has 0 saturated carbocycles. The molecule has 1 aromatic carbocycles. The Morgan fingerprint density at radius 2 is 2.00 bits per heavy atom. The standard InChI is InChI=1S/C15H22N2O2/c1-12(11-18)17-14(19)15(7-9-16-10-8-15)13-5-3-2-4-6-13/h2-6,12,16,18H,7-11H2,1H3,(H,17,19)/t12-/m0/s1. The molecule has 0 aromatic heterocycles. The second-order valence-corrected chi connectivity index (χ2v) is 5.26. The fourth-order valence-electron chi connectivity index (χ4n) is 2.67. The van der Waals surface area contributed by atoms with Gasteiger partial charge >= 0.3 is 0 Å². The number of aliphatic hydroxyl groups excluding tert-OH is 1. The Morgan fingerprint density at radius 3 is 2.58 bits per heavy atom. The van der Waals surface area contributed by atoms with Gasteiger partial charge in [0.25, 0.3) is 0 Å². The van der Waals surface area contributed by atoms with Crippen molar-refractivity contribution in [3.05, 3.63) is 35.9 Å². The van der Waals surface area contributed by atoms with Crippen molar-refractivity contribution in [2.75, 3.05) is 19.7 Å². The quantitative estimate of drug-likeness (QED) is 0.752. The first-order valence-electron chi connectivity index (χ1n) is 6.87. The van der Waals surface area contributed by atoms with Crippen LogP contribution in [0, 0.1) is 0 Å². The highest BCUT2D eigenvalue weighted by atomic mass is 16.3. The van der Waals surface area contributed by atoms with Crippen LogP contribution in [0.3, 0.4) is 0 Å². The molecule has 19 heavy (non-hydrogen) atoms. The first kappa shape index (κ1) is 14.0. The number of hydrogen-bond donors (Lipinski definition) is 3. The van der Waals surface area contributed by atoms with Crippen LogP contribution in [0.1, 0.15) is 25.3 Å². The molecule has 0 radical (unpaired) electrons. The Labute approximate surface area is 114 Å². The van der Waals surface area contributed by atoms with Crippen molar-refractivity contribution >= 4 is 5.91 Å². The van der Waals surface area contributed by atoms with E-state index in [0.717, 1.165) is 31.5 Å². The summed E-state index contributed by atoms with van der Waals surface area (Å²) in [4.78, 5) is 12.6. The number of amides is 1. The molecule has 0 bridgehead atoms. The van der Waals surface area contributed by atoms with E-state index in [0.29, 0.717) is 0 Å². The van der Waals surface area contributed by atoms with Gasteiger partial charge in [-0.25, -0.2) is 0 Å². The van der Waals surface area contributed by atoms with Crippen molar-refractivity contribution in [1.29, 1.82) is 0 Å². The van der Waals surface area contributed by atoms with Crippen LogP contribution in [0.25, 0.3) is 0 Å². The van der Waals surface area contributed by atoms with Crippen LogP contribution in [0.15, 0.2) is 30.3 Å². The van der Waals surface area contributed by atoms with E-state index in [4.69, 9.17) is 5.11 Å². The van der Waals surface area contributed by atoms with Crippen LogP contribution in [-0.2, 0) is 10.2 Å². The van der Waals surface area contributed by atoms with E-state index in [1.54, 1.807) is 0 Å². The number of nitrogens with one attached hydrogen (secondary N) is 2. The fourth-order valence-corrected chi connectivity index (χ4v) is 2.67. The van der Waals surface area contributed by atoms with Gasteiger partial charge < -0.3 is 15.7 Å². The Kier molecular flexibility index (Phi) is 4.56. The Hall–Kier alpha value is -1.39. The predicted molar refractivity (Wildman–Crippen MR) is 74.9 cm³/mol. The summed E-state index contributed by atoms with van der Waals surface area (Å²) >= 11 is 0. The molecule has 0 aliphatic carbocycles. The van der Waals surface area contributed by atoms with E-state index in [2.05, 4.69) is 10.6 Å². The summed E-state index contributed by atoms with van der Waals surface area (Å²) in [7, 11) is 0. The fraction of sp³-hybridized carbons (Fsp3) is 0.533. The molecule has 1 fully saturated rings. The molecule has 4 nitrogen and oxygen atoms in total. The zero-order chi connectivity index (χ0) is 13.7. The van der Waals surface area contributed by atoms with Crippen molar-refractivity contribution in [3.8, 4) is 0 Å². The molecule has 1 heterocycles. The molecule has 1 aliphatic heterocycles. The summed E-state index contributed by atoms with van der Waals surface area (Å²) in [6.45, 7) is 3.47. The number of carbonyl (C=O) groups excluding carboxylic acids is 1. The highest BCUT2D eigenvalue weighted by Gasteiger charge is 2.41. The van der Waals surface area contributed by atoms with Crippen molar-refractivity contribution in [2.24, 2.45) is 0 Å². The zero-order valence-corrected chi connectivity index (χ0v) is 11.4. The van der Waals surface area contributed by atoms with E-state index in [9.17, 15) is 4.79 Å². The molecule has 0 unspecified atom stereocenters. The molecule has 1 aliphatic rings. The van der Waals surface area contributed by atoms with Gasteiger partial charge in [-0.05, 0) is 38.4 Å². The summed E-state index contributed by atoms with van der Waals surface area (Å²) in [5, 5.41) is 15.3. The number of benzene rings is 1. The maximum atomic E-state index is 12.6. The molecule has 1 aromatic rings. The summed E-state index contributed by atoms with van der Waals surface area (Å²) in [6.07, 6.45) is 1.59. The molecular weight excluding hydrogens is 240 g/mol. The maximum absolute atomic E-state index is 12.6. The highest BCUT2D eigenvalue weighted by molar-refractivity contribution is 5.88. The van der Waals surface area contributed by atoms with Crippen LogP contribution in [0.5, 0.6) is 0 Å². The lowest BCUT2D eigenvalue weighted by Crippen LogP contribution is -2.53. The lowest BCUT2D eigenvalue weighted by Gasteiger charge is -2.37. The third-order valence-electron chi connectivity index (χ3n) is 3.87. The van der Waals surface area contributed by atoms with Gasteiger partial charge in [0.2, 0.25) is 5.91 Å². The van der Waals surface area contributed by atoms with Gasteiger partial charge in [0.15, 0.2) is 0 Å². The van der Waals surface area contributed by atoms with E-state index in [1.165, 1.54) is 0 Å². The maximum Gasteiger partial charge on any atom is 0.231 e. The van der Waals surface area contributed by atoms with Gasteiger partial charge in [0.1, 0.15) is 0 Å². The Balaban J connectivity index is 2.27. The predicted octanol–water partition coefficient (Wildman–Crippen LogP) is 0.805.